The van der Waals surface area contributed by atoms with Gasteiger partial charge in [0.1, 0.15) is 11.9 Å². The molecule has 1 fully saturated rings. The van der Waals surface area contributed by atoms with Crippen molar-refractivity contribution in [2.24, 2.45) is 0 Å². The number of carbonyl (C=O) groups excluding carboxylic acids is 2. The third-order valence-corrected chi connectivity index (χ3v) is 7.12. The Kier molecular flexibility index (Phi) is 7.15. The third kappa shape index (κ3) is 5.51. The van der Waals surface area contributed by atoms with E-state index in [0.29, 0.717) is 41.7 Å². The average Bonchev–Trinajstić information content (AvgIpc) is 3.40. The molecule has 3 aliphatic heterocycles. The SMILES string of the molecule is COc1ccc2cc1OCC(=O)NCc1ccc(c(OC)c1)O[C@H]1CN(c3cnc4ccccc4n3)C[C@@H]1NC2=O. The highest BCUT2D eigenvalue weighted by Gasteiger charge is 2.37. The van der Waals surface area contributed by atoms with Crippen LogP contribution in [0, 0.1) is 0 Å². The lowest BCUT2D eigenvalue weighted by atomic mass is 10.1. The number of nitrogens with zero attached hydrogens (tertiary/aromatic N) is 3. The topological polar surface area (TPSA) is 124 Å². The fourth-order valence-corrected chi connectivity index (χ4v) is 4.98. The lowest BCUT2D eigenvalue weighted by Crippen LogP contribution is -2.45. The Balaban J connectivity index is 1.35. The van der Waals surface area contributed by atoms with Crippen LogP contribution in [0.15, 0.2) is 66.9 Å². The highest BCUT2D eigenvalue weighted by Crippen LogP contribution is 2.32. The molecule has 41 heavy (non-hydrogen) atoms. The minimum absolute atomic E-state index is 0.244. The summed E-state index contributed by atoms with van der Waals surface area (Å²) in [7, 11) is 3.06. The number of carbonyl (C=O) groups is 2. The Morgan fingerprint density at radius 3 is 2.59 bits per heavy atom. The maximum Gasteiger partial charge on any atom is 0.258 e. The molecule has 11 nitrogen and oxygen atoms in total. The van der Waals surface area contributed by atoms with Crippen LogP contribution in [0.25, 0.3) is 11.0 Å². The van der Waals surface area contributed by atoms with Crippen LogP contribution < -0.4 is 34.5 Å². The summed E-state index contributed by atoms with van der Waals surface area (Å²) < 4.78 is 23.2. The van der Waals surface area contributed by atoms with Crippen molar-refractivity contribution in [3.05, 3.63) is 78.0 Å². The number of nitrogens with one attached hydrogen (secondary N) is 2. The van der Waals surface area contributed by atoms with Crippen molar-refractivity contribution >= 4 is 28.7 Å². The highest BCUT2D eigenvalue weighted by atomic mass is 16.5. The van der Waals surface area contributed by atoms with Gasteiger partial charge in [0.25, 0.3) is 11.8 Å². The van der Waals surface area contributed by atoms with E-state index in [1.807, 2.05) is 41.3 Å². The molecule has 1 aromatic heterocycles. The number of para-hydroxylation sites is 2. The van der Waals surface area contributed by atoms with Crippen LogP contribution in [0.3, 0.4) is 0 Å². The van der Waals surface area contributed by atoms with E-state index in [1.54, 1.807) is 37.6 Å². The van der Waals surface area contributed by atoms with Gasteiger partial charge >= 0.3 is 0 Å². The molecule has 0 saturated carbocycles. The number of fused-ring (bicyclic) bond motifs is 8. The van der Waals surface area contributed by atoms with Crippen LogP contribution >= 0.6 is 0 Å². The molecule has 3 aliphatic rings. The molecule has 4 aromatic rings. The highest BCUT2D eigenvalue weighted by molar-refractivity contribution is 5.95. The molecule has 0 aliphatic carbocycles. The monoisotopic (exact) mass is 555 g/mol. The zero-order valence-electron chi connectivity index (χ0n) is 22.6. The van der Waals surface area contributed by atoms with Crippen LogP contribution in [0.5, 0.6) is 23.0 Å². The van der Waals surface area contributed by atoms with E-state index in [2.05, 4.69) is 15.6 Å². The average molecular weight is 556 g/mol. The summed E-state index contributed by atoms with van der Waals surface area (Å²) >= 11 is 0. The second-order valence-electron chi connectivity index (χ2n) is 9.77. The van der Waals surface area contributed by atoms with E-state index in [1.165, 1.54) is 7.11 Å². The van der Waals surface area contributed by atoms with Crippen molar-refractivity contribution in [1.82, 2.24) is 20.6 Å². The minimum atomic E-state index is -0.434. The summed E-state index contributed by atoms with van der Waals surface area (Å²) in [4.78, 5) is 37.4. The molecule has 2 atom stereocenters. The molecule has 0 radical (unpaired) electrons. The fourth-order valence-electron chi connectivity index (χ4n) is 4.98. The van der Waals surface area contributed by atoms with Gasteiger partial charge in [0.2, 0.25) is 0 Å². The Morgan fingerprint density at radius 2 is 1.76 bits per heavy atom. The van der Waals surface area contributed by atoms with Crippen LogP contribution in [0.4, 0.5) is 5.82 Å². The predicted molar refractivity (Wildman–Crippen MR) is 151 cm³/mol. The normalized spacial score (nSPS) is 18.9. The van der Waals surface area contributed by atoms with Crippen LogP contribution in [0.1, 0.15) is 15.9 Å². The third-order valence-electron chi connectivity index (χ3n) is 7.12. The lowest BCUT2D eigenvalue weighted by Gasteiger charge is -2.22. The number of ether oxygens (including phenoxy) is 4. The molecular weight excluding hydrogens is 526 g/mol. The predicted octanol–water partition coefficient (Wildman–Crippen LogP) is 2.72. The quantitative estimate of drug-likeness (QED) is 0.393. The molecule has 210 valence electrons. The number of methoxy groups -OCH3 is 2. The maximum atomic E-state index is 13.5. The zero-order valence-corrected chi connectivity index (χ0v) is 22.6. The Bertz CT molecular complexity index is 1610. The smallest absolute Gasteiger partial charge is 0.258 e. The van der Waals surface area contributed by atoms with Crippen molar-refractivity contribution in [2.45, 2.75) is 18.7 Å². The van der Waals surface area contributed by atoms with Gasteiger partial charge in [0, 0.05) is 18.7 Å². The number of hydrogen-bond donors (Lipinski definition) is 2. The van der Waals surface area contributed by atoms with Gasteiger partial charge < -0.3 is 34.5 Å². The molecule has 4 heterocycles. The summed E-state index contributed by atoms with van der Waals surface area (Å²) in [6.07, 6.45) is 1.30. The van der Waals surface area contributed by atoms with Gasteiger partial charge in [-0.3, -0.25) is 14.6 Å². The van der Waals surface area contributed by atoms with Gasteiger partial charge in [-0.1, -0.05) is 18.2 Å². The lowest BCUT2D eigenvalue weighted by molar-refractivity contribution is -0.123. The first-order valence-electron chi connectivity index (χ1n) is 13.2. The van der Waals surface area contributed by atoms with Crippen molar-refractivity contribution in [3.63, 3.8) is 0 Å². The minimum Gasteiger partial charge on any atom is -0.493 e. The van der Waals surface area contributed by atoms with Crippen LogP contribution in [0.2, 0.25) is 0 Å². The summed E-state index contributed by atoms with van der Waals surface area (Å²) in [5.74, 6) is 1.79. The molecule has 7 rings (SSSR count). The van der Waals surface area contributed by atoms with E-state index < -0.39 is 12.1 Å². The number of benzene rings is 3. The Hall–Kier alpha value is -5.06. The summed E-state index contributed by atoms with van der Waals surface area (Å²) in [6, 6.07) is 17.6. The first-order valence-corrected chi connectivity index (χ1v) is 13.2. The second kappa shape index (κ2) is 11.2. The van der Waals surface area contributed by atoms with Gasteiger partial charge in [-0.25, -0.2) is 4.98 Å². The zero-order chi connectivity index (χ0) is 28.3. The number of aromatic nitrogens is 2. The van der Waals surface area contributed by atoms with E-state index in [0.717, 1.165) is 16.6 Å². The number of anilines is 1. The van der Waals surface area contributed by atoms with Gasteiger partial charge in [-0.2, -0.15) is 0 Å². The first kappa shape index (κ1) is 26.2. The molecule has 4 bridgehead atoms. The molecule has 1 saturated heterocycles. The van der Waals surface area contributed by atoms with Gasteiger partial charge in [-0.05, 0) is 48.0 Å². The van der Waals surface area contributed by atoms with Crippen molar-refractivity contribution in [1.29, 1.82) is 0 Å². The second-order valence-corrected chi connectivity index (χ2v) is 9.77. The van der Waals surface area contributed by atoms with Gasteiger partial charge in [-0.15, -0.1) is 0 Å². The first-order chi connectivity index (χ1) is 20.0. The van der Waals surface area contributed by atoms with E-state index in [4.69, 9.17) is 23.9 Å². The number of amides is 2. The molecule has 3 aromatic carbocycles. The molecule has 0 unspecified atom stereocenters. The molecule has 0 spiro atoms. The van der Waals surface area contributed by atoms with E-state index in [9.17, 15) is 9.59 Å². The summed E-state index contributed by atoms with van der Waals surface area (Å²) in [6.45, 7) is 0.931. The van der Waals surface area contributed by atoms with Crippen LogP contribution in [-0.2, 0) is 11.3 Å². The van der Waals surface area contributed by atoms with Gasteiger partial charge in [0.05, 0.1) is 44.0 Å². The van der Waals surface area contributed by atoms with Crippen molar-refractivity contribution < 1.29 is 28.5 Å². The molecule has 11 heteroatoms. The standard InChI is InChI=1S/C30H29N5O6/c1-38-23-10-8-19-12-26(23)40-17-29(36)32-13-18-7-9-24(25(11-18)39-2)41-27-16-35(15-22(27)34-30(19)37)28-14-31-20-5-3-4-6-21(20)33-28/h3-12,14,22,27H,13,15-17H2,1-2H3,(H,32,36)(H,34,37)/t22-,27-/m0/s1. The molecule has 2 N–H and O–H groups in total. The van der Waals surface area contributed by atoms with E-state index in [-0.39, 0.29) is 30.7 Å². The summed E-state index contributed by atoms with van der Waals surface area (Å²) in [5.41, 5.74) is 2.77. The molecular formula is C30H29N5O6. The van der Waals surface area contributed by atoms with Gasteiger partial charge in [0.15, 0.2) is 29.6 Å². The summed E-state index contributed by atoms with van der Waals surface area (Å²) in [5, 5.41) is 5.96. The Morgan fingerprint density at radius 1 is 0.927 bits per heavy atom. The molecule has 2 amide bonds. The Labute approximate surface area is 236 Å². The van der Waals surface area contributed by atoms with E-state index >= 15 is 0 Å². The maximum absolute atomic E-state index is 13.5. The van der Waals surface area contributed by atoms with Crippen molar-refractivity contribution in [2.75, 3.05) is 38.8 Å². The number of rotatable bonds is 3. The fraction of sp³-hybridized carbons (Fsp3) is 0.267. The van der Waals surface area contributed by atoms with Crippen molar-refractivity contribution in [3.8, 4) is 23.0 Å². The van der Waals surface area contributed by atoms with Crippen LogP contribution in [-0.4, -0.2) is 67.8 Å². The largest absolute Gasteiger partial charge is 0.493 e. The number of hydrogen-bond acceptors (Lipinski definition) is 9.